The molecule has 0 spiro atoms. The molecule has 34 heavy (non-hydrogen) atoms. The van der Waals surface area contributed by atoms with Gasteiger partial charge in [0.2, 0.25) is 0 Å². The number of imide groups is 1. The van der Waals surface area contributed by atoms with Crippen LogP contribution in [0, 0.1) is 6.92 Å². The third kappa shape index (κ3) is 6.55. The number of hydrogen-bond donors (Lipinski definition) is 2. The van der Waals surface area contributed by atoms with E-state index in [1.54, 1.807) is 25.1 Å². The molecule has 0 radical (unpaired) electrons. The van der Waals surface area contributed by atoms with Crippen molar-refractivity contribution in [2.24, 2.45) is 0 Å². The van der Waals surface area contributed by atoms with Gasteiger partial charge >= 0.3 is 12.0 Å². The Morgan fingerprint density at radius 2 is 1.68 bits per heavy atom. The highest BCUT2D eigenvalue weighted by Crippen LogP contribution is 2.31. The lowest BCUT2D eigenvalue weighted by Crippen LogP contribution is -2.37. The van der Waals surface area contributed by atoms with Crippen LogP contribution in [0.2, 0.25) is 0 Å². The number of anilines is 1. The molecule has 2 N–H and O–H groups in total. The van der Waals surface area contributed by atoms with Gasteiger partial charge in [-0.05, 0) is 32.9 Å². The van der Waals surface area contributed by atoms with Crippen molar-refractivity contribution in [3.05, 3.63) is 58.4 Å². The molecular weight excluding hydrogens is 458 g/mol. The summed E-state index contributed by atoms with van der Waals surface area (Å²) in [5.41, 5.74) is 1.66. The van der Waals surface area contributed by atoms with Crippen LogP contribution in [-0.2, 0) is 9.53 Å². The molecule has 0 fully saturated rings. The van der Waals surface area contributed by atoms with Gasteiger partial charge in [0.15, 0.2) is 18.1 Å². The normalized spacial score (nSPS) is 10.3. The van der Waals surface area contributed by atoms with Crippen molar-refractivity contribution in [2.45, 2.75) is 20.8 Å². The molecule has 9 nitrogen and oxygen atoms in total. The largest absolute Gasteiger partial charge is 0.490 e. The van der Waals surface area contributed by atoms with Gasteiger partial charge in [-0.3, -0.25) is 10.1 Å². The summed E-state index contributed by atoms with van der Waals surface area (Å²) in [7, 11) is 0. The maximum Gasteiger partial charge on any atom is 0.351 e. The Balaban J connectivity index is 1.56. The van der Waals surface area contributed by atoms with Crippen LogP contribution in [0.3, 0.4) is 0 Å². The molecular formula is C24H25N3O6S. The highest BCUT2D eigenvalue weighted by atomic mass is 32.1. The predicted octanol–water partition coefficient (Wildman–Crippen LogP) is 4.42. The number of carbonyl (C=O) groups is 3. The molecule has 178 valence electrons. The van der Waals surface area contributed by atoms with Crippen LogP contribution in [0.1, 0.15) is 28.5 Å². The van der Waals surface area contributed by atoms with Crippen LogP contribution in [0.4, 0.5) is 10.5 Å². The Labute approximate surface area is 201 Å². The number of amides is 3. The first kappa shape index (κ1) is 24.7. The van der Waals surface area contributed by atoms with Crippen LogP contribution in [-0.4, -0.2) is 42.7 Å². The topological polar surface area (TPSA) is 116 Å². The van der Waals surface area contributed by atoms with E-state index in [-0.39, 0.29) is 0 Å². The zero-order valence-corrected chi connectivity index (χ0v) is 19.9. The summed E-state index contributed by atoms with van der Waals surface area (Å²) in [6.45, 7) is 5.73. The minimum absolute atomic E-state index is 0.291. The summed E-state index contributed by atoms with van der Waals surface area (Å²) in [5, 5.41) is 5.36. The second-order valence-electron chi connectivity index (χ2n) is 6.88. The van der Waals surface area contributed by atoms with Gasteiger partial charge < -0.3 is 19.5 Å². The molecule has 0 atom stereocenters. The average Bonchev–Trinajstić information content (AvgIpc) is 3.22. The van der Waals surface area contributed by atoms with Gasteiger partial charge in [0.05, 0.1) is 23.9 Å². The van der Waals surface area contributed by atoms with E-state index >= 15 is 0 Å². The first-order valence-corrected chi connectivity index (χ1v) is 11.4. The van der Waals surface area contributed by atoms with Crippen LogP contribution >= 0.6 is 11.3 Å². The summed E-state index contributed by atoms with van der Waals surface area (Å²) in [4.78, 5) is 41.6. The van der Waals surface area contributed by atoms with Crippen molar-refractivity contribution in [2.75, 3.05) is 25.1 Å². The standard InChI is InChI=1S/C24H25N3O6S/c1-4-31-18-12-11-17(13-19(18)32-5-2)26-24(30)27-20(28)14-33-23(29)22-21(25-15(3)34-22)16-9-7-6-8-10-16/h6-13H,4-5,14H2,1-3H3,(H2,26,27,28,30). The SMILES string of the molecule is CCOc1ccc(NC(=O)NC(=O)COC(=O)c2sc(C)nc2-c2ccccc2)cc1OCC. The lowest BCUT2D eigenvalue weighted by Gasteiger charge is -2.13. The zero-order chi connectivity index (χ0) is 24.5. The maximum absolute atomic E-state index is 12.6. The van der Waals surface area contributed by atoms with Crippen molar-refractivity contribution in [1.82, 2.24) is 10.3 Å². The van der Waals surface area contributed by atoms with Gasteiger partial charge in [0.1, 0.15) is 4.88 Å². The third-order valence-corrected chi connectivity index (χ3v) is 5.31. The molecule has 0 saturated heterocycles. The number of carbonyl (C=O) groups excluding carboxylic acids is 3. The van der Waals surface area contributed by atoms with Crippen molar-refractivity contribution in [3.63, 3.8) is 0 Å². The number of nitrogens with one attached hydrogen (secondary N) is 2. The van der Waals surface area contributed by atoms with Crippen molar-refractivity contribution in [3.8, 4) is 22.8 Å². The second-order valence-corrected chi connectivity index (χ2v) is 8.09. The van der Waals surface area contributed by atoms with Crippen LogP contribution < -0.4 is 20.1 Å². The highest BCUT2D eigenvalue weighted by Gasteiger charge is 2.21. The van der Waals surface area contributed by atoms with E-state index in [9.17, 15) is 14.4 Å². The molecule has 1 aromatic heterocycles. The van der Waals surface area contributed by atoms with E-state index < -0.39 is 24.5 Å². The fourth-order valence-electron chi connectivity index (χ4n) is 3.01. The molecule has 2 aromatic carbocycles. The second kappa shape index (κ2) is 11.8. The van der Waals surface area contributed by atoms with E-state index in [1.165, 1.54) is 11.3 Å². The minimum atomic E-state index is -0.774. The van der Waals surface area contributed by atoms with Crippen LogP contribution in [0.15, 0.2) is 48.5 Å². The fraction of sp³-hybridized carbons (Fsp3) is 0.250. The molecule has 3 amide bonds. The monoisotopic (exact) mass is 483 g/mol. The number of rotatable bonds is 9. The molecule has 0 aliphatic carbocycles. The number of thiazole rings is 1. The first-order chi connectivity index (χ1) is 16.4. The molecule has 3 aromatic rings. The summed E-state index contributed by atoms with van der Waals surface area (Å²) in [6.07, 6.45) is 0. The van der Waals surface area contributed by atoms with Crippen LogP contribution in [0.25, 0.3) is 11.3 Å². The van der Waals surface area contributed by atoms with Gasteiger partial charge in [0.25, 0.3) is 5.91 Å². The van der Waals surface area contributed by atoms with E-state index in [0.29, 0.717) is 46.0 Å². The average molecular weight is 484 g/mol. The highest BCUT2D eigenvalue weighted by molar-refractivity contribution is 7.14. The predicted molar refractivity (Wildman–Crippen MR) is 129 cm³/mol. The molecule has 3 rings (SSSR count). The summed E-state index contributed by atoms with van der Waals surface area (Å²) in [5.74, 6) is -0.444. The lowest BCUT2D eigenvalue weighted by molar-refractivity contribution is -0.123. The molecule has 0 saturated carbocycles. The Hall–Kier alpha value is -3.92. The number of aryl methyl sites for hydroxylation is 1. The van der Waals surface area contributed by atoms with E-state index in [0.717, 1.165) is 5.56 Å². The summed E-state index contributed by atoms with van der Waals surface area (Å²) >= 11 is 1.18. The third-order valence-electron chi connectivity index (χ3n) is 4.36. The molecule has 0 bridgehead atoms. The first-order valence-electron chi connectivity index (χ1n) is 10.6. The number of esters is 1. The number of urea groups is 1. The van der Waals surface area contributed by atoms with Gasteiger partial charge in [0, 0.05) is 17.3 Å². The summed E-state index contributed by atoms with van der Waals surface area (Å²) < 4.78 is 16.1. The molecule has 10 heteroatoms. The smallest absolute Gasteiger partial charge is 0.351 e. The molecule has 0 aliphatic heterocycles. The Morgan fingerprint density at radius 3 is 2.38 bits per heavy atom. The number of benzene rings is 2. The van der Waals surface area contributed by atoms with E-state index in [2.05, 4.69) is 15.6 Å². The van der Waals surface area contributed by atoms with Crippen molar-refractivity contribution < 1.29 is 28.6 Å². The molecule has 0 unspecified atom stereocenters. The fourth-order valence-corrected chi connectivity index (χ4v) is 3.84. The summed E-state index contributed by atoms with van der Waals surface area (Å²) in [6, 6.07) is 13.3. The zero-order valence-electron chi connectivity index (χ0n) is 19.0. The Bertz CT molecular complexity index is 1160. The van der Waals surface area contributed by atoms with E-state index in [1.807, 2.05) is 44.2 Å². The van der Waals surface area contributed by atoms with Crippen molar-refractivity contribution in [1.29, 1.82) is 0 Å². The number of nitrogens with zero attached hydrogens (tertiary/aromatic N) is 1. The Kier molecular flexibility index (Phi) is 8.58. The van der Waals surface area contributed by atoms with Gasteiger partial charge in [-0.15, -0.1) is 11.3 Å². The maximum atomic E-state index is 12.6. The van der Waals surface area contributed by atoms with Gasteiger partial charge in [-0.1, -0.05) is 30.3 Å². The van der Waals surface area contributed by atoms with Crippen molar-refractivity contribution >= 4 is 34.9 Å². The number of aromatic nitrogens is 1. The van der Waals surface area contributed by atoms with Crippen LogP contribution in [0.5, 0.6) is 11.5 Å². The molecule has 0 aliphatic rings. The quantitative estimate of drug-likeness (QED) is 0.433. The van der Waals surface area contributed by atoms with E-state index in [4.69, 9.17) is 14.2 Å². The number of ether oxygens (including phenoxy) is 3. The van der Waals surface area contributed by atoms with Gasteiger partial charge in [-0.25, -0.2) is 14.6 Å². The Morgan fingerprint density at radius 1 is 0.971 bits per heavy atom. The lowest BCUT2D eigenvalue weighted by atomic mass is 10.1. The van der Waals surface area contributed by atoms with Gasteiger partial charge in [-0.2, -0.15) is 0 Å². The molecule has 1 heterocycles. The minimum Gasteiger partial charge on any atom is -0.490 e. The number of hydrogen-bond acceptors (Lipinski definition) is 8.